The molecule has 2 aliphatic heterocycles. The average Bonchev–Trinajstić information content (AvgIpc) is 2.91. The molecule has 1 aromatic heterocycles. The molecule has 9 heteroatoms. The van der Waals surface area contributed by atoms with Gasteiger partial charge in [0.25, 0.3) is 0 Å². The van der Waals surface area contributed by atoms with Gasteiger partial charge in [-0.15, -0.1) is 0 Å². The van der Waals surface area contributed by atoms with Crippen molar-refractivity contribution >= 4 is 17.4 Å². The summed E-state index contributed by atoms with van der Waals surface area (Å²) >= 11 is 0. The third kappa shape index (κ3) is 5.38. The zero-order valence-electron chi connectivity index (χ0n) is 23.7. The fourth-order valence-electron chi connectivity index (χ4n) is 5.85. The highest BCUT2D eigenvalue weighted by Crippen LogP contribution is 2.39. The van der Waals surface area contributed by atoms with Gasteiger partial charge < -0.3 is 14.7 Å². The minimum Gasteiger partial charge on any atom is -0.366 e. The van der Waals surface area contributed by atoms with Gasteiger partial charge in [0, 0.05) is 68.9 Å². The topological polar surface area (TPSA) is 52.6 Å². The highest BCUT2D eigenvalue weighted by molar-refractivity contribution is 5.74. The van der Waals surface area contributed by atoms with Crippen molar-refractivity contribution in [1.82, 2.24) is 14.9 Å². The Morgan fingerprint density at radius 2 is 1.77 bits per heavy atom. The molecular formula is C31H36F3N5O. The third-order valence-corrected chi connectivity index (χ3v) is 8.08. The van der Waals surface area contributed by atoms with Gasteiger partial charge in [-0.05, 0) is 43.0 Å². The van der Waals surface area contributed by atoms with E-state index >= 15 is 0 Å². The number of anilines is 2. The number of rotatable bonds is 4. The minimum atomic E-state index is -4.52. The third-order valence-electron chi connectivity index (χ3n) is 8.08. The number of benzene rings is 2. The van der Waals surface area contributed by atoms with Gasteiger partial charge in [-0.25, -0.2) is 9.97 Å². The van der Waals surface area contributed by atoms with Gasteiger partial charge in [0.2, 0.25) is 5.91 Å². The van der Waals surface area contributed by atoms with E-state index < -0.39 is 11.7 Å². The highest BCUT2D eigenvalue weighted by Gasteiger charge is 2.36. The second-order valence-electron chi connectivity index (χ2n) is 11.2. The quantitative estimate of drug-likeness (QED) is 0.386. The molecule has 3 aromatic rings. The molecule has 3 heterocycles. The Morgan fingerprint density at radius 1 is 1.02 bits per heavy atom. The summed E-state index contributed by atoms with van der Waals surface area (Å²) in [5, 5.41) is 0. The molecule has 0 saturated carbocycles. The Morgan fingerprint density at radius 3 is 2.45 bits per heavy atom. The van der Waals surface area contributed by atoms with Crippen molar-refractivity contribution < 1.29 is 18.0 Å². The van der Waals surface area contributed by atoms with Crippen LogP contribution >= 0.6 is 0 Å². The summed E-state index contributed by atoms with van der Waals surface area (Å²) in [6, 6.07) is 12.0. The van der Waals surface area contributed by atoms with Crippen LogP contribution in [0.4, 0.5) is 24.7 Å². The number of alkyl halides is 3. The summed E-state index contributed by atoms with van der Waals surface area (Å²) in [6.07, 6.45) is -3.92. The minimum absolute atomic E-state index is 0.0163. The number of carbonyl (C=O) groups excluding carboxylic acids is 1. The van der Waals surface area contributed by atoms with Crippen LogP contribution in [0.1, 0.15) is 61.6 Å². The van der Waals surface area contributed by atoms with Crippen molar-refractivity contribution in [1.29, 1.82) is 0 Å². The molecule has 5 rings (SSSR count). The van der Waals surface area contributed by atoms with Gasteiger partial charge in [-0.2, -0.15) is 13.2 Å². The second kappa shape index (κ2) is 10.7. The molecule has 2 aromatic carbocycles. The summed E-state index contributed by atoms with van der Waals surface area (Å²) < 4.78 is 41.9. The summed E-state index contributed by atoms with van der Waals surface area (Å²) in [4.78, 5) is 28.0. The standard InChI is InChI=1S/C31H36F3N5O/c1-19(2)23-11-10-20(3)28(16-23)37-13-12-27-25(18-37)30(38-14-15-39(22(5)40)21(4)17-38)36-29(35-27)24-8-6-7-9-26(24)31(32,33)34/h6-11,16,19,21H,12-15,17-18H2,1-5H3. The van der Waals surface area contributed by atoms with Crippen molar-refractivity contribution in [2.24, 2.45) is 0 Å². The lowest BCUT2D eigenvalue weighted by molar-refractivity contribution is -0.137. The largest absolute Gasteiger partial charge is 0.417 e. The monoisotopic (exact) mass is 551 g/mol. The van der Waals surface area contributed by atoms with Gasteiger partial charge >= 0.3 is 6.18 Å². The van der Waals surface area contributed by atoms with Crippen molar-refractivity contribution in [2.75, 3.05) is 36.0 Å². The van der Waals surface area contributed by atoms with E-state index in [0.29, 0.717) is 50.9 Å². The van der Waals surface area contributed by atoms with Crippen LogP contribution in [0.15, 0.2) is 42.5 Å². The fraction of sp³-hybridized carbons (Fsp3) is 0.452. The molecule has 0 aliphatic carbocycles. The van der Waals surface area contributed by atoms with Crippen LogP contribution in [-0.2, 0) is 23.9 Å². The molecule has 2 aliphatic rings. The maximum Gasteiger partial charge on any atom is 0.417 e. The first-order chi connectivity index (χ1) is 18.9. The Hall–Kier alpha value is -3.62. The molecule has 0 spiro atoms. The predicted molar refractivity (Wildman–Crippen MR) is 152 cm³/mol. The lowest BCUT2D eigenvalue weighted by atomic mass is 9.98. The van der Waals surface area contributed by atoms with Crippen molar-refractivity contribution in [2.45, 2.75) is 65.7 Å². The molecule has 40 heavy (non-hydrogen) atoms. The van der Waals surface area contributed by atoms with Crippen LogP contribution in [0.25, 0.3) is 11.4 Å². The van der Waals surface area contributed by atoms with E-state index in [2.05, 4.69) is 48.8 Å². The number of hydrogen-bond donors (Lipinski definition) is 0. The number of piperazine rings is 1. The highest BCUT2D eigenvalue weighted by atomic mass is 19.4. The number of halogens is 3. The molecule has 212 valence electrons. The maximum absolute atomic E-state index is 14.0. The zero-order valence-corrected chi connectivity index (χ0v) is 23.7. The van der Waals surface area contributed by atoms with E-state index in [4.69, 9.17) is 9.97 Å². The SMILES string of the molecule is CC(=O)N1CCN(c2nc(-c3ccccc3C(F)(F)F)nc3c2CN(c2cc(C(C)C)ccc2C)CC3)CC1C. The molecule has 1 atom stereocenters. The molecule has 0 bridgehead atoms. The van der Waals surface area contributed by atoms with Gasteiger partial charge in [0.1, 0.15) is 5.82 Å². The average molecular weight is 552 g/mol. The Balaban J connectivity index is 1.60. The number of amides is 1. The van der Waals surface area contributed by atoms with Crippen molar-refractivity contribution in [3.05, 3.63) is 70.4 Å². The molecule has 1 fully saturated rings. The van der Waals surface area contributed by atoms with E-state index in [1.54, 1.807) is 13.0 Å². The Kier molecular flexibility index (Phi) is 7.50. The fourth-order valence-corrected chi connectivity index (χ4v) is 5.85. The van der Waals surface area contributed by atoms with Crippen molar-refractivity contribution in [3.8, 4) is 11.4 Å². The first-order valence-corrected chi connectivity index (χ1v) is 13.9. The van der Waals surface area contributed by atoms with Crippen LogP contribution in [0.2, 0.25) is 0 Å². The number of aromatic nitrogens is 2. The molecule has 0 radical (unpaired) electrons. The number of hydrogen-bond acceptors (Lipinski definition) is 5. The Labute approximate surface area is 233 Å². The van der Waals surface area contributed by atoms with Crippen LogP contribution < -0.4 is 9.80 Å². The predicted octanol–water partition coefficient (Wildman–Crippen LogP) is 6.21. The molecule has 6 nitrogen and oxygen atoms in total. The van der Waals surface area contributed by atoms with Crippen LogP contribution in [0, 0.1) is 6.92 Å². The molecule has 1 amide bonds. The lowest BCUT2D eigenvalue weighted by Gasteiger charge is -2.42. The number of aryl methyl sites for hydroxylation is 1. The molecule has 0 N–H and O–H groups in total. The van der Waals surface area contributed by atoms with Gasteiger partial charge in [0.05, 0.1) is 11.3 Å². The molecular weight excluding hydrogens is 515 g/mol. The maximum atomic E-state index is 14.0. The molecule has 1 saturated heterocycles. The lowest BCUT2D eigenvalue weighted by Crippen LogP contribution is -2.54. The Bertz CT molecular complexity index is 1420. The van der Waals surface area contributed by atoms with Crippen LogP contribution in [-0.4, -0.2) is 53.0 Å². The van der Waals surface area contributed by atoms with Crippen LogP contribution in [0.3, 0.4) is 0 Å². The van der Waals surface area contributed by atoms with Gasteiger partial charge in [-0.3, -0.25) is 4.79 Å². The zero-order chi connectivity index (χ0) is 28.8. The summed E-state index contributed by atoms with van der Waals surface area (Å²) in [5.74, 6) is 1.16. The number of nitrogens with zero attached hydrogens (tertiary/aromatic N) is 5. The summed E-state index contributed by atoms with van der Waals surface area (Å²) in [5.41, 5.74) is 4.56. The van der Waals surface area contributed by atoms with Gasteiger partial charge in [-0.1, -0.05) is 44.2 Å². The van der Waals surface area contributed by atoms with E-state index in [0.717, 1.165) is 23.0 Å². The van der Waals surface area contributed by atoms with E-state index in [-0.39, 0.29) is 23.3 Å². The summed E-state index contributed by atoms with van der Waals surface area (Å²) in [7, 11) is 0. The summed E-state index contributed by atoms with van der Waals surface area (Å²) in [6.45, 7) is 12.9. The van der Waals surface area contributed by atoms with E-state index in [1.807, 2.05) is 11.8 Å². The van der Waals surface area contributed by atoms with Crippen molar-refractivity contribution in [3.63, 3.8) is 0 Å². The molecule has 1 unspecified atom stereocenters. The normalized spacial score (nSPS) is 17.8. The van der Waals surface area contributed by atoms with Gasteiger partial charge in [0.15, 0.2) is 5.82 Å². The number of carbonyl (C=O) groups is 1. The smallest absolute Gasteiger partial charge is 0.366 e. The second-order valence-corrected chi connectivity index (χ2v) is 11.2. The first-order valence-electron chi connectivity index (χ1n) is 13.9. The first kappa shape index (κ1) is 27.9. The van der Waals surface area contributed by atoms with E-state index in [1.165, 1.54) is 23.3 Å². The number of fused-ring (bicyclic) bond motifs is 1. The van der Waals surface area contributed by atoms with E-state index in [9.17, 15) is 18.0 Å². The van der Waals surface area contributed by atoms with Crippen LogP contribution in [0.5, 0.6) is 0 Å².